The highest BCUT2D eigenvalue weighted by molar-refractivity contribution is 14.1. The lowest BCUT2D eigenvalue weighted by Gasteiger charge is -2.28. The van der Waals surface area contributed by atoms with Crippen LogP contribution < -0.4 is 4.31 Å². The van der Waals surface area contributed by atoms with E-state index >= 15 is 0 Å². The van der Waals surface area contributed by atoms with E-state index in [-0.39, 0.29) is 10.6 Å². The normalized spacial score (nSPS) is 20.1. The van der Waals surface area contributed by atoms with Crippen molar-refractivity contribution in [1.82, 2.24) is 0 Å². The summed E-state index contributed by atoms with van der Waals surface area (Å²) >= 11 is 8.19. The van der Waals surface area contributed by atoms with Crippen LogP contribution in [0, 0.1) is 6.92 Å². The number of benzene rings is 3. The average Bonchev–Trinajstić information content (AvgIpc) is 2.98. The van der Waals surface area contributed by atoms with Gasteiger partial charge in [-0.2, -0.15) is 0 Å². The van der Waals surface area contributed by atoms with Gasteiger partial charge in [-0.05, 0) is 42.8 Å². The van der Waals surface area contributed by atoms with Gasteiger partial charge >= 0.3 is 0 Å². The van der Waals surface area contributed by atoms with Crippen molar-refractivity contribution >= 4 is 49.9 Å². The monoisotopic (exact) mass is 537 g/mol. The maximum Gasteiger partial charge on any atom is 0.268 e. The molecule has 1 aliphatic rings. The fourth-order valence-electron chi connectivity index (χ4n) is 3.57. The zero-order valence-corrected chi connectivity index (χ0v) is 19.1. The molecule has 0 saturated carbocycles. The summed E-state index contributed by atoms with van der Waals surface area (Å²) in [5.41, 5.74) is 0.915. The molecule has 1 unspecified atom stereocenters. The fraction of sp³-hybridized carbons (Fsp3) is 0.0909. The van der Waals surface area contributed by atoms with E-state index in [0.717, 1.165) is 5.56 Å². The minimum absolute atomic E-state index is 0.150. The van der Waals surface area contributed by atoms with Gasteiger partial charge in [0.1, 0.15) is 0 Å². The van der Waals surface area contributed by atoms with Gasteiger partial charge < -0.3 is 5.11 Å². The van der Waals surface area contributed by atoms with E-state index in [9.17, 15) is 13.5 Å². The van der Waals surface area contributed by atoms with Crippen molar-refractivity contribution in [2.45, 2.75) is 17.4 Å². The summed E-state index contributed by atoms with van der Waals surface area (Å²) in [5.74, 6) is 0. The van der Waals surface area contributed by atoms with E-state index in [0.29, 0.717) is 21.8 Å². The SMILES string of the molecule is Cc1ccc(S(=O)(=O)N2/C(=C/I)C(O)(c3ccccc3)c3cc(Cl)ccc32)cc1. The van der Waals surface area contributed by atoms with Gasteiger partial charge in [0.05, 0.1) is 16.3 Å². The van der Waals surface area contributed by atoms with Gasteiger partial charge in [-0.15, -0.1) is 0 Å². The molecule has 4 rings (SSSR count). The summed E-state index contributed by atoms with van der Waals surface area (Å²) in [6, 6.07) is 20.5. The lowest BCUT2D eigenvalue weighted by molar-refractivity contribution is 0.128. The summed E-state index contributed by atoms with van der Waals surface area (Å²) in [7, 11) is -3.96. The van der Waals surface area contributed by atoms with Crippen molar-refractivity contribution in [3.05, 3.63) is 104 Å². The van der Waals surface area contributed by atoms with Crippen LogP contribution in [-0.4, -0.2) is 13.5 Å². The highest BCUT2D eigenvalue weighted by Gasteiger charge is 2.51. The lowest BCUT2D eigenvalue weighted by Crippen LogP contribution is -2.35. The third-order valence-electron chi connectivity index (χ3n) is 5.01. The second kappa shape index (κ2) is 7.43. The molecule has 0 aromatic heterocycles. The van der Waals surface area contributed by atoms with Gasteiger partial charge in [0, 0.05) is 14.7 Å². The molecule has 0 bridgehead atoms. The lowest BCUT2D eigenvalue weighted by atomic mass is 9.86. The number of sulfonamides is 1. The molecule has 0 spiro atoms. The first-order valence-corrected chi connectivity index (χ1v) is 11.9. The van der Waals surface area contributed by atoms with E-state index in [1.54, 1.807) is 70.8 Å². The first-order valence-electron chi connectivity index (χ1n) is 8.81. The zero-order chi connectivity index (χ0) is 20.8. The Morgan fingerprint density at radius 3 is 2.31 bits per heavy atom. The smallest absolute Gasteiger partial charge is 0.268 e. The number of aryl methyl sites for hydroxylation is 1. The van der Waals surface area contributed by atoms with Crippen LogP contribution in [0.4, 0.5) is 5.69 Å². The predicted molar refractivity (Wildman–Crippen MR) is 124 cm³/mol. The fourth-order valence-corrected chi connectivity index (χ4v) is 6.21. The number of aliphatic hydroxyl groups is 1. The molecular formula is C22H17ClINO3S. The molecule has 148 valence electrons. The first kappa shape index (κ1) is 20.4. The van der Waals surface area contributed by atoms with Crippen molar-refractivity contribution < 1.29 is 13.5 Å². The number of halogens is 2. The Bertz CT molecular complexity index is 1210. The van der Waals surface area contributed by atoms with Crippen molar-refractivity contribution in [2.24, 2.45) is 0 Å². The molecule has 0 aliphatic carbocycles. The van der Waals surface area contributed by atoms with Gasteiger partial charge in [0.25, 0.3) is 10.0 Å². The summed E-state index contributed by atoms with van der Waals surface area (Å²) in [5, 5.41) is 12.3. The number of hydrogen-bond acceptors (Lipinski definition) is 3. The van der Waals surface area contributed by atoms with Crippen LogP contribution in [0.25, 0.3) is 0 Å². The van der Waals surface area contributed by atoms with Crippen LogP contribution in [0.1, 0.15) is 16.7 Å². The molecule has 29 heavy (non-hydrogen) atoms. The quantitative estimate of drug-likeness (QED) is 0.457. The number of rotatable bonds is 3. The Labute approximate surface area is 188 Å². The van der Waals surface area contributed by atoms with E-state index in [1.165, 1.54) is 4.31 Å². The Kier molecular flexibility index (Phi) is 5.23. The Balaban J connectivity index is 2.01. The van der Waals surface area contributed by atoms with E-state index < -0.39 is 15.6 Å². The Morgan fingerprint density at radius 1 is 1.03 bits per heavy atom. The van der Waals surface area contributed by atoms with Crippen LogP contribution in [0.2, 0.25) is 5.02 Å². The molecule has 0 fully saturated rings. The Hall–Kier alpha value is -1.87. The molecule has 0 saturated heterocycles. The maximum atomic E-state index is 13.6. The highest BCUT2D eigenvalue weighted by atomic mass is 127. The highest BCUT2D eigenvalue weighted by Crippen LogP contribution is 2.53. The van der Waals surface area contributed by atoms with Crippen LogP contribution in [0.3, 0.4) is 0 Å². The molecule has 1 aliphatic heterocycles. The van der Waals surface area contributed by atoms with Crippen molar-refractivity contribution in [1.29, 1.82) is 0 Å². The van der Waals surface area contributed by atoms with Crippen LogP contribution in [0.15, 0.2) is 87.5 Å². The average molecular weight is 538 g/mol. The van der Waals surface area contributed by atoms with Gasteiger partial charge in [-0.1, -0.05) is 82.2 Å². The van der Waals surface area contributed by atoms with Crippen LogP contribution in [-0.2, 0) is 15.6 Å². The Morgan fingerprint density at radius 2 is 1.69 bits per heavy atom. The predicted octanol–water partition coefficient (Wildman–Crippen LogP) is 5.37. The standard InChI is InChI=1S/C22H17ClINO3S/c1-15-7-10-18(11-8-15)29(27,28)25-20-12-9-17(23)13-19(20)22(26,21(25)14-24)16-5-3-2-4-6-16/h2-14,26H,1H3/b21-14+. The molecule has 1 N–H and O–H groups in total. The van der Waals surface area contributed by atoms with Crippen molar-refractivity contribution in [3.8, 4) is 0 Å². The molecule has 0 amide bonds. The molecular weight excluding hydrogens is 521 g/mol. The second-order valence-electron chi connectivity index (χ2n) is 6.81. The number of anilines is 1. The minimum Gasteiger partial charge on any atom is -0.374 e. The van der Waals surface area contributed by atoms with Gasteiger partial charge in [-0.25, -0.2) is 12.7 Å². The molecule has 3 aromatic rings. The van der Waals surface area contributed by atoms with Gasteiger partial charge in [-0.3, -0.25) is 0 Å². The number of hydrogen-bond donors (Lipinski definition) is 1. The molecule has 0 radical (unpaired) electrons. The largest absolute Gasteiger partial charge is 0.374 e. The molecule has 7 heteroatoms. The number of nitrogens with zero attached hydrogens (tertiary/aromatic N) is 1. The first-order chi connectivity index (χ1) is 13.8. The summed E-state index contributed by atoms with van der Waals surface area (Å²) in [4.78, 5) is 0.150. The summed E-state index contributed by atoms with van der Waals surface area (Å²) in [6.07, 6.45) is 0. The van der Waals surface area contributed by atoms with Gasteiger partial charge in [0.15, 0.2) is 5.60 Å². The van der Waals surface area contributed by atoms with E-state index in [4.69, 9.17) is 11.6 Å². The van der Waals surface area contributed by atoms with Crippen molar-refractivity contribution in [2.75, 3.05) is 4.31 Å². The third kappa shape index (κ3) is 3.18. The molecule has 4 nitrogen and oxygen atoms in total. The minimum atomic E-state index is -3.96. The molecule has 3 aromatic carbocycles. The van der Waals surface area contributed by atoms with E-state index in [2.05, 4.69) is 0 Å². The van der Waals surface area contributed by atoms with Crippen LogP contribution >= 0.6 is 34.2 Å². The summed E-state index contributed by atoms with van der Waals surface area (Å²) < 4.78 is 30.1. The molecule has 1 atom stereocenters. The van der Waals surface area contributed by atoms with Crippen molar-refractivity contribution in [3.63, 3.8) is 0 Å². The third-order valence-corrected chi connectivity index (χ3v) is 7.58. The molecule has 1 heterocycles. The zero-order valence-electron chi connectivity index (χ0n) is 15.4. The topological polar surface area (TPSA) is 57.6 Å². The summed E-state index contributed by atoms with van der Waals surface area (Å²) in [6.45, 7) is 1.90. The van der Waals surface area contributed by atoms with Crippen LogP contribution in [0.5, 0.6) is 0 Å². The second-order valence-corrected chi connectivity index (χ2v) is 9.66. The number of fused-ring (bicyclic) bond motifs is 1. The van der Waals surface area contributed by atoms with Gasteiger partial charge in [0.2, 0.25) is 0 Å². The van der Waals surface area contributed by atoms with E-state index in [1.807, 2.05) is 35.6 Å². The maximum absolute atomic E-state index is 13.6.